The maximum Gasteiger partial charge on any atom is 0.196 e. The Hall–Kier alpha value is -3.11. The number of ether oxygens (including phenoxy) is 2. The Bertz CT molecular complexity index is 910. The van der Waals surface area contributed by atoms with Crippen molar-refractivity contribution in [1.82, 2.24) is 4.98 Å². The number of methoxy groups -OCH3 is 2. The number of hydrogen-bond donors (Lipinski definition) is 1. The Balaban J connectivity index is 1.90. The Morgan fingerprint density at radius 2 is 2.04 bits per heavy atom. The van der Waals surface area contributed by atoms with Crippen LogP contribution in [0.1, 0.15) is 5.01 Å². The Morgan fingerprint density at radius 1 is 1.21 bits per heavy atom. The molecule has 0 aliphatic rings. The molecule has 0 aliphatic carbocycles. The standard InChI is InChI=1S/C17H14N4O2S/c1-22-11-7-8-12(15(9-11)23-2)20-21-14(10-18)17-19-13-5-3-4-6-16(13)24-17/h3-9,20H,1-2H3/b21-14+. The average molecular weight is 338 g/mol. The van der Waals surface area contributed by atoms with Crippen molar-refractivity contribution in [1.29, 1.82) is 5.26 Å². The summed E-state index contributed by atoms with van der Waals surface area (Å²) < 4.78 is 11.5. The summed E-state index contributed by atoms with van der Waals surface area (Å²) in [5.74, 6) is 1.24. The van der Waals surface area contributed by atoms with Crippen LogP contribution in [-0.4, -0.2) is 24.9 Å². The van der Waals surface area contributed by atoms with Crippen molar-refractivity contribution in [2.24, 2.45) is 5.10 Å². The van der Waals surface area contributed by atoms with E-state index in [2.05, 4.69) is 21.6 Å². The van der Waals surface area contributed by atoms with Gasteiger partial charge in [-0.2, -0.15) is 10.4 Å². The maximum atomic E-state index is 9.39. The summed E-state index contributed by atoms with van der Waals surface area (Å²) in [6.07, 6.45) is 0. The van der Waals surface area contributed by atoms with Crippen LogP contribution in [-0.2, 0) is 0 Å². The van der Waals surface area contributed by atoms with Crippen LogP contribution in [0.15, 0.2) is 47.6 Å². The lowest BCUT2D eigenvalue weighted by molar-refractivity contribution is 0.395. The highest BCUT2D eigenvalue weighted by Gasteiger charge is 2.11. The van der Waals surface area contributed by atoms with E-state index in [9.17, 15) is 5.26 Å². The zero-order valence-corrected chi connectivity index (χ0v) is 13.9. The van der Waals surface area contributed by atoms with E-state index < -0.39 is 0 Å². The fourth-order valence-electron chi connectivity index (χ4n) is 2.10. The molecule has 1 heterocycles. The van der Waals surface area contributed by atoms with Gasteiger partial charge in [0.15, 0.2) is 10.7 Å². The van der Waals surface area contributed by atoms with Crippen molar-refractivity contribution in [2.75, 3.05) is 19.6 Å². The van der Waals surface area contributed by atoms with Crippen molar-refractivity contribution in [3.8, 4) is 17.6 Å². The van der Waals surface area contributed by atoms with Crippen LogP contribution in [0.25, 0.3) is 10.2 Å². The number of rotatable bonds is 5. The second-order valence-electron chi connectivity index (χ2n) is 4.74. The molecule has 0 bridgehead atoms. The number of benzene rings is 2. The molecule has 0 saturated heterocycles. The summed E-state index contributed by atoms with van der Waals surface area (Å²) in [7, 11) is 3.14. The topological polar surface area (TPSA) is 79.5 Å². The van der Waals surface area contributed by atoms with E-state index in [0.717, 1.165) is 10.2 Å². The predicted octanol–water partition coefficient (Wildman–Crippen LogP) is 3.65. The molecule has 0 saturated carbocycles. The van der Waals surface area contributed by atoms with Crippen LogP contribution in [0.3, 0.4) is 0 Å². The van der Waals surface area contributed by atoms with E-state index in [0.29, 0.717) is 22.2 Å². The van der Waals surface area contributed by atoms with Gasteiger partial charge in [-0.3, -0.25) is 5.43 Å². The number of nitrogens with one attached hydrogen (secondary N) is 1. The van der Waals surface area contributed by atoms with Gasteiger partial charge in [-0.1, -0.05) is 12.1 Å². The van der Waals surface area contributed by atoms with Gasteiger partial charge < -0.3 is 9.47 Å². The number of para-hydroxylation sites is 1. The first-order chi connectivity index (χ1) is 11.7. The van der Waals surface area contributed by atoms with Crippen molar-refractivity contribution in [3.63, 3.8) is 0 Å². The van der Waals surface area contributed by atoms with Crippen molar-refractivity contribution >= 4 is 33.0 Å². The molecule has 3 aromatic rings. The van der Waals surface area contributed by atoms with Gasteiger partial charge in [0.2, 0.25) is 0 Å². The number of thiazole rings is 1. The van der Waals surface area contributed by atoms with Gasteiger partial charge in [0.1, 0.15) is 17.6 Å². The maximum absolute atomic E-state index is 9.39. The first-order valence-corrected chi connectivity index (χ1v) is 7.88. The largest absolute Gasteiger partial charge is 0.497 e. The third-order valence-corrected chi connectivity index (χ3v) is 4.34. The second kappa shape index (κ2) is 6.98. The van der Waals surface area contributed by atoms with Crippen molar-refractivity contribution < 1.29 is 9.47 Å². The number of fused-ring (bicyclic) bond motifs is 1. The summed E-state index contributed by atoms with van der Waals surface area (Å²) in [5, 5.41) is 14.1. The third-order valence-electron chi connectivity index (χ3n) is 3.30. The second-order valence-corrected chi connectivity index (χ2v) is 5.77. The van der Waals surface area contributed by atoms with Crippen molar-refractivity contribution in [2.45, 2.75) is 0 Å². The molecular formula is C17H14N4O2S. The smallest absolute Gasteiger partial charge is 0.196 e. The lowest BCUT2D eigenvalue weighted by Gasteiger charge is -2.09. The van der Waals surface area contributed by atoms with E-state index in [1.807, 2.05) is 24.3 Å². The molecule has 6 nitrogen and oxygen atoms in total. The van der Waals surface area contributed by atoms with Crippen LogP contribution in [0, 0.1) is 11.3 Å². The lowest BCUT2D eigenvalue weighted by atomic mass is 10.3. The molecule has 7 heteroatoms. The summed E-state index contributed by atoms with van der Waals surface area (Å²) in [4.78, 5) is 4.44. The zero-order valence-electron chi connectivity index (χ0n) is 13.1. The summed E-state index contributed by atoms with van der Waals surface area (Å²) in [6, 6.07) is 15.1. The van der Waals surface area contributed by atoms with E-state index >= 15 is 0 Å². The van der Waals surface area contributed by atoms with E-state index in [4.69, 9.17) is 9.47 Å². The molecule has 120 valence electrons. The van der Waals surface area contributed by atoms with Gasteiger partial charge in [-0.25, -0.2) is 4.98 Å². The molecule has 1 N–H and O–H groups in total. The quantitative estimate of drug-likeness (QED) is 0.567. The monoisotopic (exact) mass is 338 g/mol. The minimum atomic E-state index is 0.217. The molecule has 0 unspecified atom stereocenters. The summed E-state index contributed by atoms with van der Waals surface area (Å²) in [5.41, 5.74) is 4.56. The highest BCUT2D eigenvalue weighted by molar-refractivity contribution is 7.20. The highest BCUT2D eigenvalue weighted by Crippen LogP contribution is 2.29. The predicted molar refractivity (Wildman–Crippen MR) is 94.9 cm³/mol. The number of hydrogen-bond acceptors (Lipinski definition) is 7. The number of nitrogens with zero attached hydrogens (tertiary/aromatic N) is 3. The molecule has 3 rings (SSSR count). The fourth-order valence-corrected chi connectivity index (χ4v) is 3.01. The lowest BCUT2D eigenvalue weighted by Crippen LogP contribution is -2.02. The van der Waals surface area contributed by atoms with Gasteiger partial charge in [-0.15, -0.1) is 11.3 Å². The molecule has 2 aromatic carbocycles. The average Bonchev–Trinajstić information content (AvgIpc) is 3.06. The van der Waals surface area contributed by atoms with Gasteiger partial charge >= 0.3 is 0 Å². The van der Waals surface area contributed by atoms with E-state index in [1.165, 1.54) is 11.3 Å². The first kappa shape index (κ1) is 15.8. The molecule has 0 radical (unpaired) electrons. The van der Waals surface area contributed by atoms with Gasteiger partial charge in [0, 0.05) is 6.07 Å². The first-order valence-electron chi connectivity index (χ1n) is 7.07. The molecule has 1 aromatic heterocycles. The number of aromatic nitrogens is 1. The molecule has 0 spiro atoms. The van der Waals surface area contributed by atoms with Crippen LogP contribution >= 0.6 is 11.3 Å². The fraction of sp³-hybridized carbons (Fsp3) is 0.118. The van der Waals surface area contributed by atoms with Gasteiger partial charge in [0.05, 0.1) is 30.1 Å². The summed E-state index contributed by atoms with van der Waals surface area (Å²) in [6.45, 7) is 0. The SMILES string of the molecule is COc1ccc(N/N=C(\C#N)c2nc3ccccc3s2)c(OC)c1. The minimum Gasteiger partial charge on any atom is -0.497 e. The van der Waals surface area contributed by atoms with E-state index in [1.54, 1.807) is 32.4 Å². The molecule has 0 amide bonds. The van der Waals surface area contributed by atoms with Crippen LogP contribution < -0.4 is 14.9 Å². The van der Waals surface area contributed by atoms with Gasteiger partial charge in [0.25, 0.3) is 0 Å². The third kappa shape index (κ3) is 3.14. The van der Waals surface area contributed by atoms with Gasteiger partial charge in [-0.05, 0) is 24.3 Å². The van der Waals surface area contributed by atoms with Crippen molar-refractivity contribution in [3.05, 3.63) is 47.5 Å². The van der Waals surface area contributed by atoms with Crippen LogP contribution in [0.2, 0.25) is 0 Å². The summed E-state index contributed by atoms with van der Waals surface area (Å²) >= 11 is 1.43. The normalized spacial score (nSPS) is 11.1. The molecule has 24 heavy (non-hydrogen) atoms. The Labute approximate surface area is 143 Å². The molecule has 0 fully saturated rings. The molecular weight excluding hydrogens is 324 g/mol. The Kier molecular flexibility index (Phi) is 4.59. The highest BCUT2D eigenvalue weighted by atomic mass is 32.1. The van der Waals surface area contributed by atoms with Crippen LogP contribution in [0.4, 0.5) is 5.69 Å². The zero-order chi connectivity index (χ0) is 16.9. The number of nitriles is 1. The number of anilines is 1. The van der Waals surface area contributed by atoms with Crippen LogP contribution in [0.5, 0.6) is 11.5 Å². The molecule has 0 aliphatic heterocycles. The molecule has 0 atom stereocenters. The number of hydrazone groups is 1. The minimum absolute atomic E-state index is 0.217. The van der Waals surface area contributed by atoms with E-state index in [-0.39, 0.29) is 5.71 Å². The Morgan fingerprint density at radius 3 is 2.75 bits per heavy atom.